The molecular weight excluding hydrogens is 157 g/mol. The van der Waals surface area contributed by atoms with Crippen LogP contribution in [0, 0.1) is 5.82 Å². The van der Waals surface area contributed by atoms with Crippen LogP contribution in [0.3, 0.4) is 0 Å². The van der Waals surface area contributed by atoms with E-state index in [-0.39, 0.29) is 5.82 Å². The van der Waals surface area contributed by atoms with Crippen molar-refractivity contribution in [3.8, 4) is 0 Å². The second-order valence-corrected chi connectivity index (χ2v) is 2.29. The molecule has 2 N–H and O–H groups in total. The van der Waals surface area contributed by atoms with Crippen molar-refractivity contribution in [1.82, 2.24) is 0 Å². The fourth-order valence-electron chi connectivity index (χ4n) is 0.789. The van der Waals surface area contributed by atoms with Crippen molar-refractivity contribution in [1.29, 1.82) is 0 Å². The third-order valence-corrected chi connectivity index (χ3v) is 1.29. The van der Waals surface area contributed by atoms with Gasteiger partial charge in [0.1, 0.15) is 5.82 Å². The highest BCUT2D eigenvalue weighted by Crippen LogP contribution is 2.04. The minimum Gasteiger partial charge on any atom is -0.366 e. The van der Waals surface area contributed by atoms with Gasteiger partial charge < -0.3 is 5.73 Å². The van der Waals surface area contributed by atoms with Crippen LogP contribution in [0.25, 0.3) is 6.08 Å². The average Bonchev–Trinajstić information content (AvgIpc) is 2.01. The quantitative estimate of drug-likeness (QED) is 0.660. The van der Waals surface area contributed by atoms with Crippen LogP contribution < -0.4 is 5.73 Å². The lowest BCUT2D eigenvalue weighted by atomic mass is 10.2. The lowest BCUT2D eigenvalue weighted by Crippen LogP contribution is -2.05. The van der Waals surface area contributed by atoms with Gasteiger partial charge in [0.2, 0.25) is 5.91 Å². The van der Waals surface area contributed by atoms with Gasteiger partial charge in [0.25, 0.3) is 0 Å². The highest BCUT2D eigenvalue weighted by molar-refractivity contribution is 5.90. The molecule has 0 spiro atoms. The summed E-state index contributed by atoms with van der Waals surface area (Å²) in [6.45, 7) is 0. The van der Waals surface area contributed by atoms with Gasteiger partial charge in [0.05, 0.1) is 0 Å². The fourth-order valence-corrected chi connectivity index (χ4v) is 0.789. The van der Waals surface area contributed by atoms with Crippen molar-refractivity contribution >= 4 is 12.0 Å². The first kappa shape index (κ1) is 8.46. The Labute approximate surface area is 69.5 Å². The van der Waals surface area contributed by atoms with Crippen molar-refractivity contribution in [3.05, 3.63) is 41.7 Å². The molecule has 1 rings (SSSR count). The van der Waals surface area contributed by atoms with Crippen molar-refractivity contribution in [2.45, 2.75) is 0 Å². The lowest BCUT2D eigenvalue weighted by molar-refractivity contribution is -0.113. The number of halogens is 1. The van der Waals surface area contributed by atoms with Gasteiger partial charge in [-0.25, -0.2) is 4.39 Å². The molecule has 0 atom stereocenters. The van der Waals surface area contributed by atoms with Crippen LogP contribution in [0.15, 0.2) is 30.3 Å². The molecule has 0 aromatic heterocycles. The van der Waals surface area contributed by atoms with Crippen LogP contribution in [0.4, 0.5) is 4.39 Å². The summed E-state index contributed by atoms with van der Waals surface area (Å²) in [6, 6.07) is 5.90. The zero-order valence-electron chi connectivity index (χ0n) is 6.33. The van der Waals surface area contributed by atoms with Crippen LogP contribution in [-0.2, 0) is 4.79 Å². The van der Waals surface area contributed by atoms with Gasteiger partial charge in [-0.2, -0.15) is 0 Å². The normalized spacial score (nSPS) is 10.4. The van der Waals surface area contributed by atoms with Crippen LogP contribution in [-0.4, -0.2) is 5.91 Å². The summed E-state index contributed by atoms with van der Waals surface area (Å²) in [4.78, 5) is 10.3. The molecular formula is C9H8FNO. The molecule has 0 heterocycles. The minimum atomic E-state index is -0.542. The maximum atomic E-state index is 12.5. The predicted octanol–water partition coefficient (Wildman–Crippen LogP) is 1.32. The van der Waals surface area contributed by atoms with E-state index in [1.807, 2.05) is 0 Å². The van der Waals surface area contributed by atoms with E-state index < -0.39 is 5.91 Å². The summed E-state index contributed by atoms with van der Waals surface area (Å²) in [5.41, 5.74) is 5.48. The maximum absolute atomic E-state index is 12.5. The first-order valence-electron chi connectivity index (χ1n) is 3.41. The number of rotatable bonds is 2. The number of hydrogen-bond acceptors (Lipinski definition) is 1. The second-order valence-electron chi connectivity index (χ2n) is 2.29. The monoisotopic (exact) mass is 165 g/mol. The molecule has 0 saturated heterocycles. The van der Waals surface area contributed by atoms with Crippen LogP contribution in [0.1, 0.15) is 5.56 Å². The molecule has 0 aliphatic carbocycles. The van der Waals surface area contributed by atoms with Crippen molar-refractivity contribution in [2.24, 2.45) is 5.73 Å². The summed E-state index contributed by atoms with van der Waals surface area (Å²) in [7, 11) is 0. The van der Waals surface area contributed by atoms with Crippen LogP contribution >= 0.6 is 0 Å². The van der Waals surface area contributed by atoms with Crippen molar-refractivity contribution in [3.63, 3.8) is 0 Å². The molecule has 0 fully saturated rings. The topological polar surface area (TPSA) is 43.1 Å². The van der Waals surface area contributed by atoms with E-state index in [1.54, 1.807) is 12.1 Å². The molecule has 0 saturated carbocycles. The highest BCUT2D eigenvalue weighted by atomic mass is 19.1. The smallest absolute Gasteiger partial charge is 0.241 e. The molecule has 0 radical (unpaired) electrons. The van der Waals surface area contributed by atoms with Gasteiger partial charge in [-0.1, -0.05) is 12.1 Å². The highest BCUT2D eigenvalue weighted by Gasteiger charge is 1.90. The Morgan fingerprint density at radius 3 is 2.83 bits per heavy atom. The Hall–Kier alpha value is -1.64. The van der Waals surface area contributed by atoms with Gasteiger partial charge in [0, 0.05) is 6.08 Å². The SMILES string of the molecule is NC(=O)/C=C/c1cccc(F)c1. The largest absolute Gasteiger partial charge is 0.366 e. The molecule has 62 valence electrons. The summed E-state index contributed by atoms with van der Waals surface area (Å²) < 4.78 is 12.5. The molecule has 1 aromatic rings. The molecule has 1 aromatic carbocycles. The Morgan fingerprint density at radius 2 is 2.25 bits per heavy atom. The molecule has 2 nitrogen and oxygen atoms in total. The van der Waals surface area contributed by atoms with E-state index in [1.165, 1.54) is 24.3 Å². The summed E-state index contributed by atoms with van der Waals surface area (Å²) in [5.74, 6) is -0.874. The van der Waals surface area contributed by atoms with Crippen LogP contribution in [0.5, 0.6) is 0 Å². The number of carbonyl (C=O) groups excluding carboxylic acids is 1. The summed E-state index contributed by atoms with van der Waals surface area (Å²) in [6.07, 6.45) is 2.65. The first-order chi connectivity index (χ1) is 5.68. The number of amides is 1. The minimum absolute atomic E-state index is 0.332. The molecule has 0 bridgehead atoms. The summed E-state index contributed by atoms with van der Waals surface area (Å²) in [5, 5.41) is 0. The summed E-state index contributed by atoms with van der Waals surface area (Å²) >= 11 is 0. The number of hydrogen-bond donors (Lipinski definition) is 1. The molecule has 0 aliphatic heterocycles. The maximum Gasteiger partial charge on any atom is 0.241 e. The van der Waals surface area contributed by atoms with Gasteiger partial charge in [-0.3, -0.25) is 4.79 Å². The Bertz CT molecular complexity index is 320. The molecule has 1 amide bonds. The molecule has 0 aliphatic rings. The zero-order valence-corrected chi connectivity index (χ0v) is 6.33. The van der Waals surface area contributed by atoms with Gasteiger partial charge in [0.15, 0.2) is 0 Å². The lowest BCUT2D eigenvalue weighted by Gasteiger charge is -1.91. The predicted molar refractivity (Wildman–Crippen MR) is 44.6 cm³/mol. The third kappa shape index (κ3) is 2.54. The molecule has 3 heteroatoms. The number of nitrogens with two attached hydrogens (primary N) is 1. The Balaban J connectivity index is 2.83. The molecule has 0 unspecified atom stereocenters. The van der Waals surface area contributed by atoms with Gasteiger partial charge in [-0.15, -0.1) is 0 Å². The first-order valence-corrected chi connectivity index (χ1v) is 3.41. The van der Waals surface area contributed by atoms with E-state index in [2.05, 4.69) is 0 Å². The van der Waals surface area contributed by atoms with E-state index >= 15 is 0 Å². The molecule has 12 heavy (non-hydrogen) atoms. The van der Waals surface area contributed by atoms with Gasteiger partial charge >= 0.3 is 0 Å². The second kappa shape index (κ2) is 3.67. The number of carbonyl (C=O) groups is 1. The van der Waals surface area contributed by atoms with E-state index in [0.717, 1.165) is 0 Å². The fraction of sp³-hybridized carbons (Fsp3) is 0. The van der Waals surface area contributed by atoms with E-state index in [4.69, 9.17) is 5.73 Å². The van der Waals surface area contributed by atoms with E-state index in [0.29, 0.717) is 5.56 Å². The standard InChI is InChI=1S/C9H8FNO/c10-8-3-1-2-7(6-8)4-5-9(11)12/h1-6H,(H2,11,12)/b5-4+. The number of benzene rings is 1. The average molecular weight is 165 g/mol. The van der Waals surface area contributed by atoms with E-state index in [9.17, 15) is 9.18 Å². The van der Waals surface area contributed by atoms with Crippen molar-refractivity contribution in [2.75, 3.05) is 0 Å². The van der Waals surface area contributed by atoms with Gasteiger partial charge in [-0.05, 0) is 23.8 Å². The zero-order chi connectivity index (χ0) is 8.97. The number of primary amides is 1. The Morgan fingerprint density at radius 1 is 1.50 bits per heavy atom. The van der Waals surface area contributed by atoms with Crippen molar-refractivity contribution < 1.29 is 9.18 Å². The van der Waals surface area contributed by atoms with Crippen LogP contribution in [0.2, 0.25) is 0 Å². The third-order valence-electron chi connectivity index (χ3n) is 1.29. The Kier molecular flexibility index (Phi) is 2.58.